The molecule has 0 bridgehead atoms. The van der Waals surface area contributed by atoms with E-state index < -0.39 is 22.3 Å². The molecule has 1 aromatic carbocycles. The van der Waals surface area contributed by atoms with Crippen LogP contribution in [0.3, 0.4) is 0 Å². The molecular weight excluding hydrogens is 302 g/mol. The third-order valence-corrected chi connectivity index (χ3v) is 4.23. The number of anilines is 1. The van der Waals surface area contributed by atoms with E-state index in [0.717, 1.165) is 0 Å². The topological polar surface area (TPSA) is 118 Å². The summed E-state index contributed by atoms with van der Waals surface area (Å²) in [6, 6.07) is 6.67. The number of benzene rings is 1. The van der Waals surface area contributed by atoms with Gasteiger partial charge in [-0.05, 0) is 12.5 Å². The van der Waals surface area contributed by atoms with E-state index in [2.05, 4.69) is 10.5 Å². The van der Waals surface area contributed by atoms with Crippen molar-refractivity contribution in [3.05, 3.63) is 51.4 Å². The Morgan fingerprint density at radius 2 is 2.17 bits per heavy atom. The van der Waals surface area contributed by atoms with Crippen LogP contribution in [0.4, 0.5) is 11.4 Å². The van der Waals surface area contributed by atoms with Gasteiger partial charge in [0.25, 0.3) is 5.91 Å². The van der Waals surface area contributed by atoms with E-state index in [-0.39, 0.29) is 17.1 Å². The fourth-order valence-electron chi connectivity index (χ4n) is 2.93. The maximum Gasteiger partial charge on any atom is 0.335 e. The van der Waals surface area contributed by atoms with Crippen LogP contribution in [0, 0.1) is 10.1 Å². The lowest BCUT2D eigenvalue weighted by molar-refractivity contribution is -0.387. The maximum atomic E-state index is 12.3. The van der Waals surface area contributed by atoms with Crippen molar-refractivity contribution in [3.63, 3.8) is 0 Å². The van der Waals surface area contributed by atoms with Crippen LogP contribution in [0.2, 0.25) is 0 Å². The Labute approximate surface area is 131 Å². The molecule has 23 heavy (non-hydrogen) atoms. The smallest absolute Gasteiger partial charge is 0.335 e. The van der Waals surface area contributed by atoms with E-state index >= 15 is 0 Å². The molecule has 0 spiro atoms. The van der Waals surface area contributed by atoms with E-state index in [1.165, 1.54) is 6.92 Å². The molecule has 120 valence electrons. The highest BCUT2D eigenvalue weighted by Gasteiger charge is 2.53. The van der Waals surface area contributed by atoms with Gasteiger partial charge in [0, 0.05) is 11.3 Å². The number of carbonyl (C=O) groups is 1. The molecule has 0 saturated carbocycles. The zero-order valence-corrected chi connectivity index (χ0v) is 12.6. The van der Waals surface area contributed by atoms with Gasteiger partial charge in [-0.2, -0.15) is 0 Å². The molecule has 8 heteroatoms. The fourth-order valence-corrected chi connectivity index (χ4v) is 2.93. The summed E-state index contributed by atoms with van der Waals surface area (Å²) in [6.07, 6.45) is 0.313. The molecule has 3 rings (SSSR count). The van der Waals surface area contributed by atoms with Crippen molar-refractivity contribution in [1.29, 1.82) is 0 Å². The summed E-state index contributed by atoms with van der Waals surface area (Å²) in [4.78, 5) is 23.1. The molecular formula is C15H15N3O5. The molecule has 2 heterocycles. The van der Waals surface area contributed by atoms with Gasteiger partial charge < -0.3 is 14.9 Å². The number of amides is 1. The first-order chi connectivity index (χ1) is 10.9. The number of rotatable bonds is 4. The molecule has 0 aliphatic carbocycles. The van der Waals surface area contributed by atoms with E-state index in [1.54, 1.807) is 31.2 Å². The molecule has 0 saturated heterocycles. The lowest BCUT2D eigenvalue weighted by Gasteiger charge is -2.25. The van der Waals surface area contributed by atoms with Crippen molar-refractivity contribution >= 4 is 17.3 Å². The standard InChI is InChI=1S/C15H15N3O5/c1-3-10-12(18(21)22)13(23-17-10)8(2)15(20)9-6-4-5-7-11(9)16-14(15)19/h4-8,20H,3H2,1-2H3,(H,16,19). The van der Waals surface area contributed by atoms with Gasteiger partial charge in [-0.25, -0.2) is 0 Å². The Balaban J connectivity index is 2.14. The Bertz CT molecular complexity index is 800. The third-order valence-electron chi connectivity index (χ3n) is 4.23. The molecule has 0 fully saturated rings. The van der Waals surface area contributed by atoms with Crippen LogP contribution >= 0.6 is 0 Å². The summed E-state index contributed by atoms with van der Waals surface area (Å²) in [6.45, 7) is 3.22. The van der Waals surface area contributed by atoms with Gasteiger partial charge >= 0.3 is 5.69 Å². The number of nitro groups is 1. The monoisotopic (exact) mass is 317 g/mol. The van der Waals surface area contributed by atoms with Crippen molar-refractivity contribution in [2.45, 2.75) is 31.8 Å². The first-order valence-corrected chi connectivity index (χ1v) is 7.17. The molecule has 0 radical (unpaired) electrons. The van der Waals surface area contributed by atoms with Crippen molar-refractivity contribution < 1.29 is 19.3 Å². The zero-order chi connectivity index (χ0) is 16.8. The number of fused-ring (bicyclic) bond motifs is 1. The van der Waals surface area contributed by atoms with Crippen LogP contribution in [-0.4, -0.2) is 21.1 Å². The van der Waals surface area contributed by atoms with E-state index in [1.807, 2.05) is 0 Å². The maximum absolute atomic E-state index is 12.3. The van der Waals surface area contributed by atoms with Gasteiger partial charge in [-0.1, -0.05) is 37.2 Å². The number of aryl methyl sites for hydroxylation is 1. The van der Waals surface area contributed by atoms with Gasteiger partial charge in [-0.3, -0.25) is 14.9 Å². The average molecular weight is 317 g/mol. The lowest BCUT2D eigenvalue weighted by atomic mass is 9.81. The highest BCUT2D eigenvalue weighted by molar-refractivity contribution is 6.05. The number of aliphatic hydroxyl groups is 1. The SMILES string of the molecule is CCc1noc(C(C)C2(O)C(=O)Nc3ccccc32)c1[N+](=O)[O-]. The third kappa shape index (κ3) is 2.02. The van der Waals surface area contributed by atoms with Gasteiger partial charge in [-0.15, -0.1) is 0 Å². The van der Waals surface area contributed by atoms with Crippen molar-refractivity contribution in [3.8, 4) is 0 Å². The molecule has 2 N–H and O–H groups in total. The summed E-state index contributed by atoms with van der Waals surface area (Å²) in [7, 11) is 0. The minimum absolute atomic E-state index is 0.110. The van der Waals surface area contributed by atoms with Crippen LogP contribution in [0.15, 0.2) is 28.8 Å². The second-order valence-corrected chi connectivity index (χ2v) is 5.44. The van der Waals surface area contributed by atoms with Gasteiger partial charge in [0.15, 0.2) is 11.3 Å². The van der Waals surface area contributed by atoms with Crippen LogP contribution in [-0.2, 0) is 16.8 Å². The molecule has 1 aliphatic heterocycles. The van der Waals surface area contributed by atoms with Crippen LogP contribution in [0.1, 0.15) is 36.8 Å². The summed E-state index contributed by atoms with van der Waals surface area (Å²) in [5.74, 6) is -1.73. The number of hydrogen-bond acceptors (Lipinski definition) is 6. The number of hydrogen-bond donors (Lipinski definition) is 2. The summed E-state index contributed by atoms with van der Waals surface area (Å²) in [5, 5.41) is 28.6. The van der Waals surface area contributed by atoms with Crippen molar-refractivity contribution in [1.82, 2.24) is 5.16 Å². The Hall–Kier alpha value is -2.74. The molecule has 2 atom stereocenters. The second-order valence-electron chi connectivity index (χ2n) is 5.44. The van der Waals surface area contributed by atoms with E-state index in [9.17, 15) is 20.0 Å². The normalized spacial score (nSPS) is 20.9. The first-order valence-electron chi connectivity index (χ1n) is 7.17. The Morgan fingerprint density at radius 1 is 1.48 bits per heavy atom. The lowest BCUT2D eigenvalue weighted by Crippen LogP contribution is -2.39. The minimum Gasteiger partial charge on any atom is -0.375 e. The Morgan fingerprint density at radius 3 is 2.83 bits per heavy atom. The number of nitrogens with one attached hydrogen (secondary N) is 1. The average Bonchev–Trinajstić information content (AvgIpc) is 3.07. The fraction of sp³-hybridized carbons (Fsp3) is 0.333. The van der Waals surface area contributed by atoms with Gasteiger partial charge in [0.05, 0.1) is 10.8 Å². The van der Waals surface area contributed by atoms with Crippen molar-refractivity contribution in [2.24, 2.45) is 0 Å². The van der Waals surface area contributed by atoms with Gasteiger partial charge in [0.1, 0.15) is 0 Å². The van der Waals surface area contributed by atoms with Crippen LogP contribution < -0.4 is 5.32 Å². The largest absolute Gasteiger partial charge is 0.375 e. The Kier molecular flexibility index (Phi) is 3.41. The van der Waals surface area contributed by atoms with Crippen LogP contribution in [0.5, 0.6) is 0 Å². The summed E-state index contributed by atoms with van der Waals surface area (Å²) >= 11 is 0. The van der Waals surface area contributed by atoms with Crippen molar-refractivity contribution in [2.75, 3.05) is 5.32 Å². The molecule has 1 amide bonds. The molecule has 1 aromatic heterocycles. The number of para-hydroxylation sites is 1. The first kappa shape index (κ1) is 15.2. The molecule has 2 unspecified atom stereocenters. The predicted molar refractivity (Wildman–Crippen MR) is 79.9 cm³/mol. The quantitative estimate of drug-likeness (QED) is 0.658. The molecule has 8 nitrogen and oxygen atoms in total. The predicted octanol–water partition coefficient (Wildman–Crippen LogP) is 2.09. The molecule has 1 aliphatic rings. The second kappa shape index (κ2) is 5.17. The number of aromatic nitrogens is 1. The van der Waals surface area contributed by atoms with E-state index in [0.29, 0.717) is 17.7 Å². The highest BCUT2D eigenvalue weighted by atomic mass is 16.6. The highest BCUT2D eigenvalue weighted by Crippen LogP contribution is 2.47. The molecule has 2 aromatic rings. The zero-order valence-electron chi connectivity index (χ0n) is 12.6. The van der Waals surface area contributed by atoms with Crippen LogP contribution in [0.25, 0.3) is 0 Å². The number of carbonyl (C=O) groups excluding carboxylic acids is 1. The van der Waals surface area contributed by atoms with E-state index in [4.69, 9.17) is 4.52 Å². The minimum atomic E-state index is -1.95. The summed E-state index contributed by atoms with van der Waals surface area (Å²) < 4.78 is 5.12. The number of nitrogens with zero attached hydrogens (tertiary/aromatic N) is 2. The van der Waals surface area contributed by atoms with Gasteiger partial charge in [0.2, 0.25) is 5.76 Å². The summed E-state index contributed by atoms with van der Waals surface area (Å²) in [5.41, 5.74) is -1.21.